The normalized spacial score (nSPS) is 13.5. The summed E-state index contributed by atoms with van der Waals surface area (Å²) in [7, 11) is 0. The van der Waals surface area contributed by atoms with E-state index in [9.17, 15) is 0 Å². The summed E-state index contributed by atoms with van der Waals surface area (Å²) in [5.74, 6) is 0. The molecule has 0 aromatic heterocycles. The van der Waals surface area contributed by atoms with E-state index >= 15 is 0 Å². The van der Waals surface area contributed by atoms with Crippen LogP contribution in [-0.4, -0.2) is 0 Å². The summed E-state index contributed by atoms with van der Waals surface area (Å²) in [4.78, 5) is 0. The Morgan fingerprint density at radius 1 is 0.314 bits per heavy atom. The van der Waals surface area contributed by atoms with Gasteiger partial charge in [0.25, 0.3) is 0 Å². The van der Waals surface area contributed by atoms with Gasteiger partial charge in [0.2, 0.25) is 0 Å². The van der Waals surface area contributed by atoms with Crippen molar-refractivity contribution in [3.8, 4) is 33.4 Å². The van der Waals surface area contributed by atoms with Gasteiger partial charge >= 0.3 is 0 Å². The maximum Gasteiger partial charge on any atom is 0.0165 e. The van der Waals surface area contributed by atoms with Crippen molar-refractivity contribution in [1.29, 1.82) is 0 Å². The summed E-state index contributed by atoms with van der Waals surface area (Å²) in [5.41, 5.74) is 10.6. The topological polar surface area (TPSA) is 0 Å². The number of rotatable bonds is 2. The molecule has 11 rings (SSSR count). The quantitative estimate of drug-likeness (QED) is 0.129. The van der Waals surface area contributed by atoms with E-state index in [1.54, 1.807) is 0 Å². The third-order valence-corrected chi connectivity index (χ3v) is 11.8. The molecule has 0 N–H and O–H groups in total. The van der Waals surface area contributed by atoms with Gasteiger partial charge in [-0.1, -0.05) is 178 Å². The number of benzene rings is 10. The van der Waals surface area contributed by atoms with Crippen molar-refractivity contribution in [2.24, 2.45) is 0 Å². The maximum atomic E-state index is 2.42. The molecule has 1 aliphatic carbocycles. The van der Waals surface area contributed by atoms with Gasteiger partial charge < -0.3 is 0 Å². The van der Waals surface area contributed by atoms with E-state index in [4.69, 9.17) is 0 Å². The molecule has 51 heavy (non-hydrogen) atoms. The summed E-state index contributed by atoms with van der Waals surface area (Å²) in [6.07, 6.45) is 0. The highest BCUT2D eigenvalue weighted by Crippen LogP contribution is 2.58. The average Bonchev–Trinajstić information content (AvgIpc) is 3.43. The van der Waals surface area contributed by atoms with E-state index in [1.807, 2.05) is 0 Å². The number of fused-ring (bicyclic) bond motifs is 13. The molecule has 0 heterocycles. The van der Waals surface area contributed by atoms with Crippen molar-refractivity contribution in [2.75, 3.05) is 0 Å². The van der Waals surface area contributed by atoms with Gasteiger partial charge in [-0.3, -0.25) is 0 Å². The molecule has 0 bridgehead atoms. The molecule has 0 aliphatic heterocycles. The summed E-state index contributed by atoms with van der Waals surface area (Å²) in [5, 5.41) is 15.6. The van der Waals surface area contributed by atoms with Gasteiger partial charge in [-0.15, -0.1) is 0 Å². The molecule has 0 saturated carbocycles. The second kappa shape index (κ2) is 10.4. The van der Waals surface area contributed by atoms with Crippen LogP contribution in [0.25, 0.3) is 98.0 Å². The number of hydrogen-bond donors (Lipinski definition) is 0. The zero-order chi connectivity index (χ0) is 33.8. The highest BCUT2D eigenvalue weighted by atomic mass is 14.4. The van der Waals surface area contributed by atoms with E-state index in [-0.39, 0.29) is 5.41 Å². The molecule has 0 saturated heterocycles. The monoisotopic (exact) mass is 646 g/mol. The molecule has 0 heteroatoms. The molecule has 0 unspecified atom stereocenters. The van der Waals surface area contributed by atoms with Crippen LogP contribution in [0.3, 0.4) is 0 Å². The molecule has 0 atom stereocenters. The average molecular weight is 647 g/mol. The third-order valence-electron chi connectivity index (χ3n) is 11.8. The van der Waals surface area contributed by atoms with Crippen molar-refractivity contribution in [2.45, 2.75) is 19.3 Å². The first-order valence-corrected chi connectivity index (χ1v) is 18.0. The Balaban J connectivity index is 1.26. The fourth-order valence-electron chi connectivity index (χ4n) is 9.63. The minimum Gasteiger partial charge on any atom is -0.0616 e. The van der Waals surface area contributed by atoms with Crippen LogP contribution in [0.1, 0.15) is 25.0 Å². The molecule has 10 aromatic carbocycles. The van der Waals surface area contributed by atoms with Gasteiger partial charge in [-0.25, -0.2) is 0 Å². The van der Waals surface area contributed by atoms with Crippen LogP contribution in [0.4, 0.5) is 0 Å². The van der Waals surface area contributed by atoms with Crippen LogP contribution in [0.2, 0.25) is 0 Å². The second-order valence-electron chi connectivity index (χ2n) is 14.8. The van der Waals surface area contributed by atoms with Crippen LogP contribution in [-0.2, 0) is 5.41 Å². The van der Waals surface area contributed by atoms with Gasteiger partial charge in [0.1, 0.15) is 0 Å². The largest absolute Gasteiger partial charge is 0.0616 e. The predicted octanol–water partition coefficient (Wildman–Crippen LogP) is 14.2. The first-order valence-electron chi connectivity index (χ1n) is 18.0. The molecular weight excluding hydrogens is 613 g/mol. The first kappa shape index (κ1) is 28.6. The van der Waals surface area contributed by atoms with Crippen molar-refractivity contribution in [1.82, 2.24) is 0 Å². The first-order chi connectivity index (χ1) is 25.1. The lowest BCUT2D eigenvalue weighted by Crippen LogP contribution is -2.15. The molecule has 0 nitrogen and oxygen atoms in total. The van der Waals surface area contributed by atoms with Crippen molar-refractivity contribution >= 4 is 64.6 Å². The van der Waals surface area contributed by atoms with E-state index in [1.165, 1.54) is 109 Å². The third kappa shape index (κ3) is 3.85. The summed E-state index contributed by atoms with van der Waals surface area (Å²) in [6.45, 7) is 4.84. The van der Waals surface area contributed by atoms with Gasteiger partial charge in [-0.2, -0.15) is 0 Å². The lowest BCUT2D eigenvalue weighted by Gasteiger charge is -2.24. The molecule has 0 radical (unpaired) electrons. The van der Waals surface area contributed by atoms with Gasteiger partial charge in [-0.05, 0) is 115 Å². The Morgan fingerprint density at radius 3 is 1.47 bits per heavy atom. The Hall–Kier alpha value is -6.24. The van der Waals surface area contributed by atoms with Crippen LogP contribution in [0.5, 0.6) is 0 Å². The highest BCUT2D eigenvalue weighted by molar-refractivity contribution is 6.25. The van der Waals surface area contributed by atoms with E-state index in [0.717, 1.165) is 0 Å². The molecular formula is C51H34. The predicted molar refractivity (Wildman–Crippen MR) is 220 cm³/mol. The minimum atomic E-state index is -0.162. The van der Waals surface area contributed by atoms with E-state index in [0.29, 0.717) is 0 Å². The fourth-order valence-corrected chi connectivity index (χ4v) is 9.63. The molecule has 0 amide bonds. The molecule has 10 aromatic rings. The van der Waals surface area contributed by atoms with Crippen LogP contribution in [0.15, 0.2) is 170 Å². The number of hydrogen-bond acceptors (Lipinski definition) is 0. The minimum absolute atomic E-state index is 0.162. The van der Waals surface area contributed by atoms with Crippen LogP contribution >= 0.6 is 0 Å². The zero-order valence-electron chi connectivity index (χ0n) is 28.7. The summed E-state index contributed by atoms with van der Waals surface area (Å²) in [6, 6.07) is 63.5. The Kier molecular flexibility index (Phi) is 5.82. The van der Waals surface area contributed by atoms with Crippen molar-refractivity contribution in [3.05, 3.63) is 181 Å². The Morgan fingerprint density at radius 2 is 0.804 bits per heavy atom. The zero-order valence-corrected chi connectivity index (χ0v) is 28.7. The fraction of sp³-hybridized carbons (Fsp3) is 0.0588. The van der Waals surface area contributed by atoms with Crippen LogP contribution < -0.4 is 0 Å². The molecule has 0 spiro atoms. The molecule has 0 fully saturated rings. The molecule has 238 valence electrons. The highest BCUT2D eigenvalue weighted by Gasteiger charge is 2.40. The van der Waals surface area contributed by atoms with Gasteiger partial charge in [0, 0.05) is 5.41 Å². The van der Waals surface area contributed by atoms with Crippen molar-refractivity contribution < 1.29 is 0 Å². The SMILES string of the molecule is CC1(C)c2cccc(-c3c4ccccc4c(-c4ccc5c(ccc6ccccc65)c4)c4ccccc34)c2-c2c1c1ccccc1c1ccccc21. The van der Waals surface area contributed by atoms with Crippen LogP contribution in [0, 0.1) is 0 Å². The smallest absolute Gasteiger partial charge is 0.0165 e. The van der Waals surface area contributed by atoms with Crippen molar-refractivity contribution in [3.63, 3.8) is 0 Å². The lowest BCUT2D eigenvalue weighted by atomic mass is 9.79. The van der Waals surface area contributed by atoms with E-state index in [2.05, 4.69) is 184 Å². The lowest BCUT2D eigenvalue weighted by molar-refractivity contribution is 0.666. The molecule has 1 aliphatic rings. The van der Waals surface area contributed by atoms with Gasteiger partial charge in [0.15, 0.2) is 0 Å². The van der Waals surface area contributed by atoms with Gasteiger partial charge in [0.05, 0.1) is 0 Å². The Labute approximate surface area is 297 Å². The van der Waals surface area contributed by atoms with E-state index < -0.39 is 0 Å². The Bertz CT molecular complexity index is 3050. The standard InChI is InChI=1S/C51H34/c1-51(2)45-25-13-24-44(48(45)49-38-18-7-5-16-36(38)37-17-6-12-23-43(37)50(49)51)47-41-21-10-8-19-39(41)46(40-20-9-11-22-42(40)47)33-28-29-35-32(30-33)27-26-31-14-3-4-15-34(31)35/h3-30H,1-2H3. The summed E-state index contributed by atoms with van der Waals surface area (Å²) < 4.78 is 0. The maximum absolute atomic E-state index is 2.42. The second-order valence-corrected chi connectivity index (χ2v) is 14.8. The summed E-state index contributed by atoms with van der Waals surface area (Å²) >= 11 is 0.